The van der Waals surface area contributed by atoms with Crippen LogP contribution in [0.2, 0.25) is 0 Å². The fraction of sp³-hybridized carbons (Fsp3) is 0.800. The number of hydrogen-bond acceptors (Lipinski definition) is 3. The van der Waals surface area contributed by atoms with Gasteiger partial charge in [0.15, 0.2) is 6.54 Å². The van der Waals surface area contributed by atoms with Crippen LogP contribution in [0.1, 0.15) is 13.8 Å². The van der Waals surface area contributed by atoms with Gasteiger partial charge < -0.3 is 9.05 Å². The van der Waals surface area contributed by atoms with Crippen molar-refractivity contribution in [3.05, 3.63) is 0 Å². The van der Waals surface area contributed by atoms with E-state index in [0.29, 0.717) is 13.2 Å². The van der Waals surface area contributed by atoms with Crippen molar-refractivity contribution in [2.75, 3.05) is 13.2 Å². The first-order valence-electron chi connectivity index (χ1n) is 2.87. The molecule has 0 amide bonds. The summed E-state index contributed by atoms with van der Waals surface area (Å²) in [5.41, 5.74) is 0. The molecule has 0 aliphatic heterocycles. The quantitative estimate of drug-likeness (QED) is 0.512. The van der Waals surface area contributed by atoms with E-state index in [-0.39, 0.29) is 0 Å². The Bertz CT molecular complexity index is 106. The first kappa shape index (κ1) is 9.57. The van der Waals surface area contributed by atoms with E-state index in [1.165, 1.54) is 0 Å². The minimum absolute atomic E-state index is 0.612. The van der Waals surface area contributed by atoms with Crippen LogP contribution in [-0.4, -0.2) is 19.5 Å². The highest BCUT2D eigenvalue weighted by Crippen LogP contribution is 2.51. The summed E-state index contributed by atoms with van der Waals surface area (Å²) >= 11 is 4.10. The van der Waals surface area contributed by atoms with Gasteiger partial charge in [-0.15, -0.1) is 0 Å². The predicted octanol–water partition coefficient (Wildman–Crippen LogP) is 2.18. The summed E-state index contributed by atoms with van der Waals surface area (Å²) in [6.07, 6.45) is 3.68. The van der Waals surface area contributed by atoms with Gasteiger partial charge in [0.05, 0.1) is 13.2 Å². The molecule has 0 atom stereocenters. The molecule has 0 heterocycles. The Morgan fingerprint density at radius 3 is 1.89 bits per heavy atom. The zero-order chi connectivity index (χ0) is 7.33. The Balaban J connectivity index is 3.58. The molecule has 2 nitrogen and oxygen atoms in total. The molecule has 0 aromatic carbocycles. The van der Waals surface area contributed by atoms with Crippen LogP contribution in [-0.2, 0) is 9.05 Å². The molecule has 0 spiro atoms. The van der Waals surface area contributed by atoms with Crippen LogP contribution >= 0.6 is 18.8 Å². The number of rotatable bonds is 4. The predicted molar refractivity (Wildman–Crippen MR) is 46.3 cm³/mol. The lowest BCUT2D eigenvalue weighted by Gasteiger charge is -2.15. The van der Waals surface area contributed by atoms with Crippen molar-refractivity contribution < 1.29 is 9.05 Å². The largest absolute Gasteiger partial charge is 0.330 e. The van der Waals surface area contributed by atoms with Gasteiger partial charge in [0.1, 0.15) is 0 Å². The maximum atomic E-state index is 5.11. The first-order valence-corrected chi connectivity index (χ1v) is 5.84. The smallest absolute Gasteiger partial charge is 0.171 e. The third kappa shape index (κ3) is 5.04. The van der Waals surface area contributed by atoms with Crippen molar-refractivity contribution in [2.45, 2.75) is 13.8 Å². The lowest BCUT2D eigenvalue weighted by molar-refractivity contribution is 0.280. The van der Waals surface area contributed by atoms with Gasteiger partial charge in [0.2, 0.25) is 0 Å². The molecule has 0 N–H and O–H groups in total. The van der Waals surface area contributed by atoms with E-state index >= 15 is 0 Å². The molecule has 0 saturated carbocycles. The third-order valence-electron chi connectivity index (χ3n) is 0.662. The van der Waals surface area contributed by atoms with Crippen LogP contribution in [0.15, 0.2) is 0 Å². The van der Waals surface area contributed by atoms with Crippen LogP contribution in [0.4, 0.5) is 0 Å². The van der Waals surface area contributed by atoms with Gasteiger partial charge in [-0.3, -0.25) is 0 Å². The average Bonchev–Trinajstić information content (AvgIpc) is 1.64. The normalized spacial score (nSPS) is 11.9. The van der Waals surface area contributed by atoms with Gasteiger partial charge in [0.25, 0.3) is 0 Å². The van der Waals surface area contributed by atoms with Crippen LogP contribution < -0.4 is 0 Å². The molecule has 0 aromatic rings. The Hall–Kier alpha value is 0.570. The van der Waals surface area contributed by atoms with E-state index in [9.17, 15) is 0 Å². The lowest BCUT2D eigenvalue weighted by atomic mass is 10.9. The Morgan fingerprint density at radius 2 is 1.67 bits per heavy atom. The highest BCUT2D eigenvalue weighted by molar-refractivity contribution is 8.47. The monoisotopic (exact) mass is 168 g/mol. The van der Waals surface area contributed by atoms with Crippen LogP contribution in [0, 0.1) is 0 Å². The van der Waals surface area contributed by atoms with Gasteiger partial charge in [-0.05, 0) is 20.1 Å². The molecule has 0 aliphatic carbocycles. The van der Waals surface area contributed by atoms with E-state index in [2.05, 4.69) is 18.5 Å². The van der Waals surface area contributed by atoms with Gasteiger partial charge in [-0.25, -0.2) is 0 Å². The zero-order valence-corrected chi connectivity index (χ0v) is 7.62. The molecule has 9 heavy (non-hydrogen) atoms. The third-order valence-corrected chi connectivity index (χ3v) is 2.68. The fourth-order valence-electron chi connectivity index (χ4n) is 0.441. The van der Waals surface area contributed by atoms with E-state index in [1.807, 2.05) is 13.8 Å². The van der Waals surface area contributed by atoms with Crippen LogP contribution in [0.3, 0.4) is 0 Å². The summed E-state index contributed by atoms with van der Waals surface area (Å²) in [5.74, 6) is 0. The minimum Gasteiger partial charge on any atom is -0.330 e. The number of hydrogen-bond donors (Lipinski definition) is 1. The first-order chi connectivity index (χ1) is 4.12. The van der Waals surface area contributed by atoms with E-state index in [0.717, 1.165) is 0 Å². The highest BCUT2D eigenvalue weighted by Gasteiger charge is 2.05. The topological polar surface area (TPSA) is 18.5 Å². The second-order valence-electron chi connectivity index (χ2n) is 1.47. The lowest BCUT2D eigenvalue weighted by Crippen LogP contribution is -1.89. The van der Waals surface area contributed by atoms with Crippen LogP contribution in [0.5, 0.6) is 0 Å². The summed E-state index contributed by atoms with van der Waals surface area (Å²) in [5, 5.41) is 0. The molecule has 0 aromatic heterocycles. The summed E-state index contributed by atoms with van der Waals surface area (Å²) in [4.78, 5) is 0. The fourth-order valence-corrected chi connectivity index (χ4v) is 2.01. The Kier molecular flexibility index (Phi) is 4.67. The van der Waals surface area contributed by atoms with Crippen molar-refractivity contribution >= 4 is 25.1 Å². The van der Waals surface area contributed by atoms with Crippen molar-refractivity contribution in [2.24, 2.45) is 0 Å². The molecular formula is C5H13O2PS. The van der Waals surface area contributed by atoms with E-state index in [1.54, 1.807) is 0 Å². The summed E-state index contributed by atoms with van der Waals surface area (Å²) in [6, 6.07) is 0. The molecule has 0 aliphatic rings. The van der Waals surface area contributed by atoms with Gasteiger partial charge in [0, 0.05) is 0 Å². The van der Waals surface area contributed by atoms with E-state index < -0.39 is 6.54 Å². The SMILES string of the molecule is C=P(S)(OCC)OCC. The summed E-state index contributed by atoms with van der Waals surface area (Å²) in [6.45, 7) is 3.02. The van der Waals surface area contributed by atoms with Gasteiger partial charge >= 0.3 is 0 Å². The molecule has 4 heteroatoms. The van der Waals surface area contributed by atoms with E-state index in [4.69, 9.17) is 9.05 Å². The maximum Gasteiger partial charge on any atom is 0.171 e. The summed E-state index contributed by atoms with van der Waals surface area (Å²) in [7, 11) is 0. The molecule has 0 radical (unpaired) electrons. The van der Waals surface area contributed by atoms with Gasteiger partial charge in [-0.1, -0.05) is 12.2 Å². The van der Waals surface area contributed by atoms with Crippen molar-refractivity contribution in [1.82, 2.24) is 0 Å². The standard InChI is InChI=1S/C5H13O2PS/c1-4-6-8(3,9)7-5-2/h9H,3-5H2,1-2H3. The van der Waals surface area contributed by atoms with Crippen molar-refractivity contribution in [1.29, 1.82) is 0 Å². The molecule has 0 rings (SSSR count). The average molecular weight is 168 g/mol. The molecule has 0 unspecified atom stereocenters. The summed E-state index contributed by atoms with van der Waals surface area (Å²) < 4.78 is 10.2. The van der Waals surface area contributed by atoms with Crippen LogP contribution in [0.25, 0.3) is 0 Å². The molecule has 0 fully saturated rings. The number of thiol groups is 1. The Morgan fingerprint density at radius 1 is 1.33 bits per heavy atom. The molecule has 56 valence electrons. The minimum atomic E-state index is -2.00. The highest BCUT2D eigenvalue weighted by atomic mass is 32.7. The zero-order valence-electron chi connectivity index (χ0n) is 5.83. The second kappa shape index (κ2) is 4.40. The Labute approximate surface area is 61.8 Å². The second-order valence-corrected chi connectivity index (χ2v) is 5.09. The van der Waals surface area contributed by atoms with Crippen molar-refractivity contribution in [3.8, 4) is 0 Å². The van der Waals surface area contributed by atoms with Gasteiger partial charge in [-0.2, -0.15) is 0 Å². The maximum absolute atomic E-state index is 5.11. The van der Waals surface area contributed by atoms with Crippen molar-refractivity contribution in [3.63, 3.8) is 0 Å². The molecule has 0 saturated heterocycles. The molecular weight excluding hydrogens is 155 g/mol. The molecule has 0 bridgehead atoms.